The second-order valence-electron chi connectivity index (χ2n) is 5.77. The number of hydrogen-bond acceptors (Lipinski definition) is 4. The van der Waals surface area contributed by atoms with E-state index in [1.807, 2.05) is 19.1 Å². The molecule has 2 aromatic heterocycles. The van der Waals surface area contributed by atoms with Gasteiger partial charge in [-0.05, 0) is 56.8 Å². The van der Waals surface area contributed by atoms with Gasteiger partial charge in [0.1, 0.15) is 17.3 Å². The van der Waals surface area contributed by atoms with Crippen LogP contribution in [-0.2, 0) is 6.42 Å². The lowest BCUT2D eigenvalue weighted by molar-refractivity contribution is 0.102. The standard InChI is InChI=1S/C16H21N5O/c1-10-14(21-15(19-10)12-4-5-12)16(22)20-13-9-11(3-2-7-17)6-8-18-13/h6,8-9,12H,2-5,7,17H2,1H3,(H,19,21)(H,18,20,22). The van der Waals surface area contributed by atoms with Crippen LogP contribution in [0.25, 0.3) is 0 Å². The fraction of sp³-hybridized carbons (Fsp3) is 0.438. The Balaban J connectivity index is 1.70. The monoisotopic (exact) mass is 299 g/mol. The van der Waals surface area contributed by atoms with Crippen molar-refractivity contribution in [2.75, 3.05) is 11.9 Å². The molecule has 0 radical (unpaired) electrons. The van der Waals surface area contributed by atoms with E-state index < -0.39 is 0 Å². The third kappa shape index (κ3) is 3.33. The maximum absolute atomic E-state index is 12.4. The number of aromatic amines is 1. The molecule has 3 rings (SSSR count). The first-order valence-electron chi connectivity index (χ1n) is 7.70. The van der Waals surface area contributed by atoms with Gasteiger partial charge in [-0.15, -0.1) is 0 Å². The van der Waals surface area contributed by atoms with Crippen LogP contribution in [0.4, 0.5) is 5.82 Å². The molecule has 0 unspecified atom stereocenters. The summed E-state index contributed by atoms with van der Waals surface area (Å²) in [7, 11) is 0. The van der Waals surface area contributed by atoms with E-state index in [-0.39, 0.29) is 5.91 Å². The fourth-order valence-electron chi connectivity index (χ4n) is 2.43. The van der Waals surface area contributed by atoms with Crippen LogP contribution >= 0.6 is 0 Å². The number of hydrogen-bond donors (Lipinski definition) is 3. The molecule has 6 nitrogen and oxygen atoms in total. The van der Waals surface area contributed by atoms with Crippen LogP contribution in [0.15, 0.2) is 18.3 Å². The molecule has 1 fully saturated rings. The average molecular weight is 299 g/mol. The summed E-state index contributed by atoms with van der Waals surface area (Å²) in [4.78, 5) is 24.2. The van der Waals surface area contributed by atoms with Gasteiger partial charge in [-0.25, -0.2) is 9.97 Å². The number of aromatic nitrogens is 3. The van der Waals surface area contributed by atoms with Crippen molar-refractivity contribution in [1.82, 2.24) is 15.0 Å². The maximum Gasteiger partial charge on any atom is 0.277 e. The molecule has 1 aliphatic carbocycles. The predicted molar refractivity (Wildman–Crippen MR) is 84.9 cm³/mol. The molecule has 2 aromatic rings. The average Bonchev–Trinajstić information content (AvgIpc) is 3.28. The highest BCUT2D eigenvalue weighted by atomic mass is 16.2. The molecule has 6 heteroatoms. The second kappa shape index (κ2) is 6.27. The van der Waals surface area contributed by atoms with Gasteiger partial charge in [0.15, 0.2) is 0 Å². The highest BCUT2D eigenvalue weighted by Crippen LogP contribution is 2.38. The Hall–Kier alpha value is -2.21. The minimum absolute atomic E-state index is 0.218. The summed E-state index contributed by atoms with van der Waals surface area (Å²) in [5, 5.41) is 2.82. The molecular formula is C16H21N5O. The lowest BCUT2D eigenvalue weighted by Gasteiger charge is -2.05. The molecule has 0 bridgehead atoms. The third-order valence-corrected chi connectivity index (χ3v) is 3.82. The van der Waals surface area contributed by atoms with Crippen molar-refractivity contribution in [3.63, 3.8) is 0 Å². The van der Waals surface area contributed by atoms with Gasteiger partial charge in [-0.1, -0.05) is 0 Å². The Bertz CT molecular complexity index is 675. The number of nitrogens with two attached hydrogens (primary N) is 1. The number of H-pyrrole nitrogens is 1. The van der Waals surface area contributed by atoms with Crippen LogP contribution in [0.3, 0.4) is 0 Å². The van der Waals surface area contributed by atoms with Gasteiger partial charge in [-0.2, -0.15) is 0 Å². The Morgan fingerprint density at radius 2 is 2.32 bits per heavy atom. The number of pyridine rings is 1. The van der Waals surface area contributed by atoms with Gasteiger partial charge in [0.25, 0.3) is 5.91 Å². The number of carbonyl (C=O) groups is 1. The van der Waals surface area contributed by atoms with Gasteiger partial charge in [0, 0.05) is 17.8 Å². The summed E-state index contributed by atoms with van der Waals surface area (Å²) in [5.41, 5.74) is 7.90. The van der Waals surface area contributed by atoms with E-state index in [0.717, 1.165) is 42.8 Å². The van der Waals surface area contributed by atoms with Crippen molar-refractivity contribution in [2.24, 2.45) is 5.73 Å². The molecule has 0 saturated heterocycles. The number of carbonyl (C=O) groups excluding carboxylic acids is 1. The third-order valence-electron chi connectivity index (χ3n) is 3.82. The number of anilines is 1. The largest absolute Gasteiger partial charge is 0.345 e. The van der Waals surface area contributed by atoms with Crippen LogP contribution in [-0.4, -0.2) is 27.4 Å². The molecule has 0 aromatic carbocycles. The summed E-state index contributed by atoms with van der Waals surface area (Å²) >= 11 is 0. The van der Waals surface area contributed by atoms with Gasteiger partial charge in [0.05, 0.1) is 0 Å². The van der Waals surface area contributed by atoms with Gasteiger partial charge in [0.2, 0.25) is 0 Å². The highest BCUT2D eigenvalue weighted by molar-refractivity contribution is 6.03. The Morgan fingerprint density at radius 3 is 3.05 bits per heavy atom. The minimum Gasteiger partial charge on any atom is -0.345 e. The van der Waals surface area contributed by atoms with Crippen LogP contribution < -0.4 is 11.1 Å². The molecule has 4 N–H and O–H groups in total. The SMILES string of the molecule is Cc1[nH]c(C2CC2)nc1C(=O)Nc1cc(CCCN)ccn1. The van der Waals surface area contributed by atoms with Gasteiger partial charge >= 0.3 is 0 Å². The van der Waals surface area contributed by atoms with E-state index in [1.54, 1.807) is 6.20 Å². The number of nitrogens with zero attached hydrogens (tertiary/aromatic N) is 2. The van der Waals surface area contributed by atoms with Crippen molar-refractivity contribution >= 4 is 11.7 Å². The fourth-order valence-corrected chi connectivity index (χ4v) is 2.43. The van der Waals surface area contributed by atoms with E-state index in [9.17, 15) is 4.79 Å². The molecule has 1 aliphatic rings. The first-order chi connectivity index (χ1) is 10.7. The van der Waals surface area contributed by atoms with Crippen molar-refractivity contribution in [2.45, 2.75) is 38.5 Å². The van der Waals surface area contributed by atoms with E-state index in [0.29, 0.717) is 24.0 Å². The zero-order valence-corrected chi connectivity index (χ0v) is 12.7. The zero-order chi connectivity index (χ0) is 15.5. The number of nitrogens with one attached hydrogen (secondary N) is 2. The first-order valence-corrected chi connectivity index (χ1v) is 7.70. The summed E-state index contributed by atoms with van der Waals surface area (Å²) in [6, 6.07) is 3.83. The van der Waals surface area contributed by atoms with Crippen LogP contribution in [0.2, 0.25) is 0 Å². The quantitative estimate of drug-likeness (QED) is 0.761. The molecule has 2 heterocycles. The Labute approximate surface area is 129 Å². The first kappa shape index (κ1) is 14.7. The zero-order valence-electron chi connectivity index (χ0n) is 12.7. The summed E-state index contributed by atoms with van der Waals surface area (Å²) in [5.74, 6) is 1.75. The number of amides is 1. The van der Waals surface area contributed by atoms with Gasteiger partial charge in [-0.3, -0.25) is 4.79 Å². The van der Waals surface area contributed by atoms with Crippen molar-refractivity contribution in [3.8, 4) is 0 Å². The molecule has 1 saturated carbocycles. The molecule has 22 heavy (non-hydrogen) atoms. The van der Waals surface area contributed by atoms with Crippen LogP contribution in [0.5, 0.6) is 0 Å². The van der Waals surface area contributed by atoms with E-state index >= 15 is 0 Å². The smallest absolute Gasteiger partial charge is 0.277 e. The van der Waals surface area contributed by atoms with Crippen molar-refractivity contribution in [3.05, 3.63) is 41.1 Å². The minimum atomic E-state index is -0.218. The second-order valence-corrected chi connectivity index (χ2v) is 5.77. The van der Waals surface area contributed by atoms with E-state index in [2.05, 4.69) is 20.3 Å². The van der Waals surface area contributed by atoms with Crippen LogP contribution in [0.1, 0.15) is 52.8 Å². The summed E-state index contributed by atoms with van der Waals surface area (Å²) < 4.78 is 0. The number of imidazole rings is 1. The van der Waals surface area contributed by atoms with E-state index in [4.69, 9.17) is 5.73 Å². The predicted octanol–water partition coefficient (Wildman–Crippen LogP) is 2.13. The maximum atomic E-state index is 12.4. The number of rotatable bonds is 6. The summed E-state index contributed by atoms with van der Waals surface area (Å²) in [6.45, 7) is 2.53. The molecule has 0 atom stereocenters. The van der Waals surface area contributed by atoms with Crippen LogP contribution in [0, 0.1) is 6.92 Å². The molecule has 0 aliphatic heterocycles. The molecule has 1 amide bonds. The van der Waals surface area contributed by atoms with Gasteiger partial charge < -0.3 is 16.0 Å². The lowest BCUT2D eigenvalue weighted by Crippen LogP contribution is -2.15. The lowest BCUT2D eigenvalue weighted by atomic mass is 10.1. The Morgan fingerprint density at radius 1 is 1.50 bits per heavy atom. The van der Waals surface area contributed by atoms with Crippen molar-refractivity contribution < 1.29 is 4.79 Å². The molecular weight excluding hydrogens is 278 g/mol. The highest BCUT2D eigenvalue weighted by Gasteiger charge is 2.28. The Kier molecular flexibility index (Phi) is 4.20. The molecule has 0 spiro atoms. The summed E-state index contributed by atoms with van der Waals surface area (Å²) in [6.07, 6.45) is 5.81. The molecule has 116 valence electrons. The normalized spacial score (nSPS) is 14.1. The number of aryl methyl sites for hydroxylation is 2. The topological polar surface area (TPSA) is 96.7 Å². The van der Waals surface area contributed by atoms with E-state index in [1.165, 1.54) is 0 Å². The van der Waals surface area contributed by atoms with Crippen molar-refractivity contribution in [1.29, 1.82) is 0 Å².